The first-order chi connectivity index (χ1) is 5.65. The van der Waals surface area contributed by atoms with E-state index in [9.17, 15) is 4.79 Å². The molecule has 0 aromatic rings. The zero-order valence-electron chi connectivity index (χ0n) is 7.00. The van der Waals surface area contributed by atoms with E-state index >= 15 is 0 Å². The van der Waals surface area contributed by atoms with Crippen molar-refractivity contribution in [1.29, 1.82) is 0 Å². The fourth-order valence-electron chi connectivity index (χ4n) is 1.20. The molecular formula is C7H11ClN2O2. The molecule has 12 heavy (non-hydrogen) atoms. The van der Waals surface area contributed by atoms with Gasteiger partial charge >= 0.3 is 0 Å². The van der Waals surface area contributed by atoms with Crippen LogP contribution in [0.15, 0.2) is 5.16 Å². The fourth-order valence-corrected chi connectivity index (χ4v) is 1.39. The number of hydrogen-bond donors (Lipinski definition) is 1. The van der Waals surface area contributed by atoms with Crippen molar-refractivity contribution in [3.63, 3.8) is 0 Å². The quantitative estimate of drug-likeness (QED) is 0.706. The van der Waals surface area contributed by atoms with Gasteiger partial charge in [0.1, 0.15) is 11.2 Å². The molecular weight excluding hydrogens is 180 g/mol. The summed E-state index contributed by atoms with van der Waals surface area (Å²) in [6, 6.07) is -0.315. The van der Waals surface area contributed by atoms with Crippen molar-refractivity contribution < 1.29 is 9.63 Å². The molecule has 1 rings (SSSR count). The van der Waals surface area contributed by atoms with E-state index < -0.39 is 0 Å². The lowest BCUT2D eigenvalue weighted by Crippen LogP contribution is -2.43. The predicted molar refractivity (Wildman–Crippen MR) is 46.3 cm³/mol. The summed E-state index contributed by atoms with van der Waals surface area (Å²) in [4.78, 5) is 16.0. The highest BCUT2D eigenvalue weighted by Gasteiger charge is 2.30. The second-order valence-electron chi connectivity index (χ2n) is 2.69. The molecule has 5 heteroatoms. The molecule has 0 aromatic carbocycles. The molecule has 4 nitrogen and oxygen atoms in total. The highest BCUT2D eigenvalue weighted by molar-refractivity contribution is 6.65. The number of nitrogens with zero attached hydrogens (tertiary/aromatic N) is 1. The maximum atomic E-state index is 11.0. The number of likely N-dealkylation sites (N-methyl/N-ethyl adjacent to an activating group) is 1. The molecule has 0 aliphatic carbocycles. The summed E-state index contributed by atoms with van der Waals surface area (Å²) in [5.74, 6) is 0.0315. The van der Waals surface area contributed by atoms with Crippen molar-refractivity contribution in [3.8, 4) is 0 Å². The van der Waals surface area contributed by atoms with E-state index in [1.807, 2.05) is 0 Å². The van der Waals surface area contributed by atoms with E-state index in [2.05, 4.69) is 10.5 Å². The molecule has 0 bridgehead atoms. The SMILES string of the molecule is CNC(C(C)=O)C1CC(Cl)=NO1. The predicted octanol–water partition coefficient (Wildman–Crippen LogP) is 0.505. The van der Waals surface area contributed by atoms with Crippen LogP contribution >= 0.6 is 11.6 Å². The monoisotopic (exact) mass is 190 g/mol. The molecule has 0 radical (unpaired) electrons. The van der Waals surface area contributed by atoms with Crippen LogP contribution in [0.4, 0.5) is 0 Å². The summed E-state index contributed by atoms with van der Waals surface area (Å²) in [7, 11) is 1.71. The topological polar surface area (TPSA) is 50.7 Å². The summed E-state index contributed by atoms with van der Waals surface area (Å²) in [6.07, 6.45) is 0.257. The van der Waals surface area contributed by atoms with E-state index in [1.54, 1.807) is 7.05 Å². The first-order valence-corrected chi connectivity index (χ1v) is 4.09. The maximum absolute atomic E-state index is 11.0. The van der Waals surface area contributed by atoms with Crippen LogP contribution in [0.5, 0.6) is 0 Å². The summed E-state index contributed by atoms with van der Waals surface area (Å²) in [5.41, 5.74) is 0. The number of nitrogens with one attached hydrogen (secondary N) is 1. The standard InChI is InChI=1S/C7H11ClN2O2/c1-4(11)7(9-2)5-3-6(8)10-12-5/h5,7,9H,3H2,1-2H3. The van der Waals surface area contributed by atoms with E-state index in [1.165, 1.54) is 6.92 Å². The zero-order valence-corrected chi connectivity index (χ0v) is 7.76. The average molecular weight is 191 g/mol. The second kappa shape index (κ2) is 3.87. The Morgan fingerprint density at radius 2 is 2.58 bits per heavy atom. The molecule has 1 N–H and O–H groups in total. The molecule has 1 aliphatic rings. The average Bonchev–Trinajstić information content (AvgIpc) is 2.37. The molecule has 0 spiro atoms. The smallest absolute Gasteiger partial charge is 0.156 e. The molecule has 0 saturated carbocycles. The largest absolute Gasteiger partial charge is 0.389 e. The molecule has 68 valence electrons. The van der Waals surface area contributed by atoms with E-state index in [0.717, 1.165) is 0 Å². The Labute approximate surface area is 75.9 Å². The van der Waals surface area contributed by atoms with Crippen molar-refractivity contribution in [3.05, 3.63) is 0 Å². The first kappa shape index (κ1) is 9.48. The van der Waals surface area contributed by atoms with Crippen molar-refractivity contribution in [1.82, 2.24) is 5.32 Å². The molecule has 1 aliphatic heterocycles. The molecule has 0 saturated heterocycles. The summed E-state index contributed by atoms with van der Waals surface area (Å²) < 4.78 is 0. The van der Waals surface area contributed by atoms with Crippen LogP contribution in [-0.4, -0.2) is 30.1 Å². The lowest BCUT2D eigenvalue weighted by atomic mass is 10.1. The van der Waals surface area contributed by atoms with Crippen molar-refractivity contribution >= 4 is 22.6 Å². The highest BCUT2D eigenvalue weighted by Crippen LogP contribution is 2.16. The first-order valence-electron chi connectivity index (χ1n) is 3.71. The van der Waals surface area contributed by atoms with Gasteiger partial charge in [0.15, 0.2) is 11.9 Å². The van der Waals surface area contributed by atoms with Gasteiger partial charge in [0.25, 0.3) is 0 Å². The van der Waals surface area contributed by atoms with Gasteiger partial charge in [0.05, 0.1) is 0 Å². The third-order valence-electron chi connectivity index (χ3n) is 1.78. The Morgan fingerprint density at radius 1 is 1.92 bits per heavy atom. The van der Waals surface area contributed by atoms with E-state index in [0.29, 0.717) is 11.6 Å². The zero-order chi connectivity index (χ0) is 9.14. The number of oxime groups is 1. The van der Waals surface area contributed by atoms with Crippen molar-refractivity contribution in [2.45, 2.75) is 25.5 Å². The van der Waals surface area contributed by atoms with Gasteiger partial charge in [0, 0.05) is 6.42 Å². The van der Waals surface area contributed by atoms with Crippen LogP contribution in [-0.2, 0) is 9.63 Å². The van der Waals surface area contributed by atoms with Crippen LogP contribution in [0.25, 0.3) is 0 Å². The van der Waals surface area contributed by atoms with E-state index in [-0.39, 0.29) is 17.9 Å². The number of ketones is 1. The maximum Gasteiger partial charge on any atom is 0.156 e. The molecule has 2 unspecified atom stereocenters. The number of hydrogen-bond acceptors (Lipinski definition) is 4. The number of carbonyl (C=O) groups is 1. The van der Waals surface area contributed by atoms with Gasteiger partial charge < -0.3 is 10.2 Å². The second-order valence-corrected chi connectivity index (χ2v) is 3.13. The number of halogens is 1. The Balaban J connectivity index is 2.53. The Bertz CT molecular complexity index is 217. The molecule has 0 aromatic heterocycles. The minimum atomic E-state index is -0.315. The summed E-state index contributed by atoms with van der Waals surface area (Å²) >= 11 is 5.60. The Kier molecular flexibility index (Phi) is 3.05. The van der Waals surface area contributed by atoms with Gasteiger partial charge in [-0.25, -0.2) is 0 Å². The summed E-state index contributed by atoms with van der Waals surface area (Å²) in [5, 5.41) is 6.83. The lowest BCUT2D eigenvalue weighted by molar-refractivity contribution is -0.122. The van der Waals surface area contributed by atoms with E-state index in [4.69, 9.17) is 16.4 Å². The minimum Gasteiger partial charge on any atom is -0.389 e. The molecule has 1 heterocycles. The molecule has 2 atom stereocenters. The third kappa shape index (κ3) is 1.95. The highest BCUT2D eigenvalue weighted by atomic mass is 35.5. The van der Waals surface area contributed by atoms with Gasteiger partial charge in [-0.3, -0.25) is 4.79 Å². The normalized spacial score (nSPS) is 24.6. The minimum absolute atomic E-state index is 0.0315. The van der Waals surface area contributed by atoms with Crippen LogP contribution < -0.4 is 5.32 Å². The van der Waals surface area contributed by atoms with Gasteiger partial charge in [-0.15, -0.1) is 0 Å². The third-order valence-corrected chi connectivity index (χ3v) is 2.00. The molecule has 0 amide bonds. The summed E-state index contributed by atoms with van der Waals surface area (Å²) in [6.45, 7) is 1.51. The number of carbonyl (C=O) groups excluding carboxylic acids is 1. The van der Waals surface area contributed by atoms with Gasteiger partial charge in [0.2, 0.25) is 0 Å². The lowest BCUT2D eigenvalue weighted by Gasteiger charge is -2.17. The van der Waals surface area contributed by atoms with Crippen molar-refractivity contribution in [2.24, 2.45) is 5.16 Å². The molecule has 0 fully saturated rings. The van der Waals surface area contributed by atoms with Crippen LogP contribution in [0, 0.1) is 0 Å². The Morgan fingerprint density at radius 3 is 2.92 bits per heavy atom. The number of rotatable bonds is 3. The van der Waals surface area contributed by atoms with Gasteiger partial charge in [-0.2, -0.15) is 0 Å². The van der Waals surface area contributed by atoms with Crippen LogP contribution in [0.2, 0.25) is 0 Å². The number of Topliss-reactive ketones (excluding diaryl/α,β-unsaturated/α-hetero) is 1. The van der Waals surface area contributed by atoms with Crippen LogP contribution in [0.1, 0.15) is 13.3 Å². The fraction of sp³-hybridized carbons (Fsp3) is 0.714. The van der Waals surface area contributed by atoms with Gasteiger partial charge in [-0.1, -0.05) is 16.8 Å². The van der Waals surface area contributed by atoms with Gasteiger partial charge in [-0.05, 0) is 14.0 Å². The van der Waals surface area contributed by atoms with Crippen LogP contribution in [0.3, 0.4) is 0 Å². The Hall–Kier alpha value is -0.610. The van der Waals surface area contributed by atoms with Crippen molar-refractivity contribution in [2.75, 3.05) is 7.05 Å².